The average molecular weight is 334 g/mol. The SMILES string of the molecule is COC(=O)n1nc(/C=C/c2ccccc2)cc1-c1ccc(OC)cc1. The van der Waals surface area contributed by atoms with Gasteiger partial charge in [-0.25, -0.2) is 4.79 Å². The first-order chi connectivity index (χ1) is 12.2. The number of aromatic nitrogens is 2. The minimum atomic E-state index is -0.537. The number of hydrogen-bond donors (Lipinski definition) is 0. The van der Waals surface area contributed by atoms with Crippen molar-refractivity contribution in [1.29, 1.82) is 0 Å². The number of rotatable bonds is 4. The normalized spacial score (nSPS) is 10.8. The fourth-order valence-electron chi connectivity index (χ4n) is 2.42. The fourth-order valence-corrected chi connectivity index (χ4v) is 2.42. The van der Waals surface area contributed by atoms with E-state index in [1.54, 1.807) is 7.11 Å². The van der Waals surface area contributed by atoms with Gasteiger partial charge in [0.2, 0.25) is 0 Å². The molecule has 0 fully saturated rings. The molecule has 0 aliphatic carbocycles. The molecule has 0 unspecified atom stereocenters. The third-order valence-electron chi connectivity index (χ3n) is 3.71. The van der Waals surface area contributed by atoms with Crippen LogP contribution < -0.4 is 4.74 Å². The maximum Gasteiger partial charge on any atom is 0.434 e. The summed E-state index contributed by atoms with van der Waals surface area (Å²) in [5, 5.41) is 4.34. The van der Waals surface area contributed by atoms with Crippen molar-refractivity contribution >= 4 is 18.2 Å². The van der Waals surface area contributed by atoms with E-state index in [-0.39, 0.29) is 0 Å². The van der Waals surface area contributed by atoms with Crippen molar-refractivity contribution in [2.75, 3.05) is 14.2 Å². The van der Waals surface area contributed by atoms with Crippen LogP contribution in [0.25, 0.3) is 23.4 Å². The summed E-state index contributed by atoms with van der Waals surface area (Å²) in [6, 6.07) is 19.2. The summed E-state index contributed by atoms with van der Waals surface area (Å²) < 4.78 is 11.3. The van der Waals surface area contributed by atoms with Crippen LogP contribution in [0, 0.1) is 0 Å². The third kappa shape index (κ3) is 3.77. The molecule has 0 spiro atoms. The monoisotopic (exact) mass is 334 g/mol. The van der Waals surface area contributed by atoms with Gasteiger partial charge >= 0.3 is 6.09 Å². The van der Waals surface area contributed by atoms with Gasteiger partial charge in [0.25, 0.3) is 0 Å². The zero-order chi connectivity index (χ0) is 17.6. The molecule has 3 rings (SSSR count). The lowest BCUT2D eigenvalue weighted by Crippen LogP contribution is -2.14. The minimum absolute atomic E-state index is 0.537. The van der Waals surface area contributed by atoms with E-state index in [0.29, 0.717) is 11.4 Å². The van der Waals surface area contributed by atoms with E-state index in [2.05, 4.69) is 5.10 Å². The molecule has 0 radical (unpaired) electrons. The number of benzene rings is 2. The van der Waals surface area contributed by atoms with E-state index in [4.69, 9.17) is 9.47 Å². The molecule has 0 aliphatic heterocycles. The Morgan fingerprint density at radius 1 is 1.00 bits per heavy atom. The van der Waals surface area contributed by atoms with Gasteiger partial charge < -0.3 is 9.47 Å². The smallest absolute Gasteiger partial charge is 0.434 e. The van der Waals surface area contributed by atoms with Gasteiger partial charge in [-0.1, -0.05) is 36.4 Å². The van der Waals surface area contributed by atoms with Crippen LogP contribution in [0.4, 0.5) is 4.79 Å². The Morgan fingerprint density at radius 3 is 2.36 bits per heavy atom. The number of nitrogens with zero attached hydrogens (tertiary/aromatic N) is 2. The average Bonchev–Trinajstić information content (AvgIpc) is 3.11. The van der Waals surface area contributed by atoms with E-state index >= 15 is 0 Å². The molecular formula is C20H18N2O3. The van der Waals surface area contributed by atoms with Crippen LogP contribution in [0.2, 0.25) is 0 Å². The van der Waals surface area contributed by atoms with Crippen LogP contribution in [0.5, 0.6) is 5.75 Å². The summed E-state index contributed by atoms with van der Waals surface area (Å²) in [5.74, 6) is 0.747. The highest BCUT2D eigenvalue weighted by molar-refractivity contribution is 5.79. The van der Waals surface area contributed by atoms with E-state index in [1.165, 1.54) is 11.8 Å². The van der Waals surface area contributed by atoms with E-state index in [0.717, 1.165) is 16.9 Å². The maximum atomic E-state index is 12.0. The predicted octanol–water partition coefficient (Wildman–Crippen LogP) is 4.34. The second-order valence-electron chi connectivity index (χ2n) is 5.31. The molecule has 0 aliphatic rings. The van der Waals surface area contributed by atoms with Gasteiger partial charge in [0, 0.05) is 5.56 Å². The standard InChI is InChI=1S/C20H18N2O3/c1-24-18-12-9-16(10-13-18)19-14-17(21-22(19)20(23)25-2)11-8-15-6-4-3-5-7-15/h3-14H,1-2H3/b11-8+. The molecule has 1 aromatic heterocycles. The van der Waals surface area contributed by atoms with Crippen LogP contribution in [0.15, 0.2) is 60.7 Å². The highest BCUT2D eigenvalue weighted by Gasteiger charge is 2.15. The maximum absolute atomic E-state index is 12.0. The molecule has 126 valence electrons. The van der Waals surface area contributed by atoms with Crippen molar-refractivity contribution in [2.45, 2.75) is 0 Å². The van der Waals surface area contributed by atoms with Gasteiger partial charge in [0.1, 0.15) is 5.75 Å². The van der Waals surface area contributed by atoms with Crippen LogP contribution in [0.1, 0.15) is 11.3 Å². The lowest BCUT2D eigenvalue weighted by atomic mass is 10.1. The van der Waals surface area contributed by atoms with Gasteiger partial charge in [-0.05, 0) is 42.0 Å². The van der Waals surface area contributed by atoms with Crippen molar-refractivity contribution in [3.63, 3.8) is 0 Å². The van der Waals surface area contributed by atoms with Crippen LogP contribution in [-0.4, -0.2) is 30.1 Å². The summed E-state index contributed by atoms with van der Waals surface area (Å²) in [5.41, 5.74) is 3.22. The lowest BCUT2D eigenvalue weighted by Gasteiger charge is -2.05. The Kier molecular flexibility index (Phi) is 4.95. The predicted molar refractivity (Wildman–Crippen MR) is 97.4 cm³/mol. The topological polar surface area (TPSA) is 53.4 Å². The Hall–Kier alpha value is -3.34. The molecule has 3 aromatic rings. The molecule has 0 saturated carbocycles. The highest BCUT2D eigenvalue weighted by Crippen LogP contribution is 2.24. The molecule has 0 atom stereocenters. The van der Waals surface area contributed by atoms with Gasteiger partial charge in [0.15, 0.2) is 0 Å². The number of carbonyl (C=O) groups excluding carboxylic acids is 1. The Morgan fingerprint density at radius 2 is 1.72 bits per heavy atom. The van der Waals surface area contributed by atoms with Crippen molar-refractivity contribution in [1.82, 2.24) is 9.78 Å². The van der Waals surface area contributed by atoms with Gasteiger partial charge in [0.05, 0.1) is 25.6 Å². The van der Waals surface area contributed by atoms with Crippen LogP contribution >= 0.6 is 0 Å². The van der Waals surface area contributed by atoms with Gasteiger partial charge in [-0.2, -0.15) is 9.78 Å². The summed E-state index contributed by atoms with van der Waals surface area (Å²) in [7, 11) is 2.95. The van der Waals surface area contributed by atoms with Crippen molar-refractivity contribution in [3.05, 3.63) is 71.9 Å². The minimum Gasteiger partial charge on any atom is -0.497 e. The lowest BCUT2D eigenvalue weighted by molar-refractivity contribution is 0.169. The molecule has 25 heavy (non-hydrogen) atoms. The van der Waals surface area contributed by atoms with Gasteiger partial charge in [-0.3, -0.25) is 0 Å². The van der Waals surface area contributed by atoms with Crippen LogP contribution in [-0.2, 0) is 4.74 Å². The number of hydrogen-bond acceptors (Lipinski definition) is 4. The molecular weight excluding hydrogens is 316 g/mol. The van der Waals surface area contributed by atoms with Crippen molar-refractivity contribution in [3.8, 4) is 17.0 Å². The van der Waals surface area contributed by atoms with Gasteiger partial charge in [-0.15, -0.1) is 0 Å². The molecule has 5 heteroatoms. The largest absolute Gasteiger partial charge is 0.497 e. The van der Waals surface area contributed by atoms with Crippen molar-refractivity contribution in [2.24, 2.45) is 0 Å². The Bertz CT molecular complexity index is 881. The number of ether oxygens (including phenoxy) is 2. The number of methoxy groups -OCH3 is 2. The second-order valence-corrected chi connectivity index (χ2v) is 5.31. The Labute approximate surface area is 146 Å². The molecule has 2 aromatic carbocycles. The third-order valence-corrected chi connectivity index (χ3v) is 3.71. The van der Waals surface area contributed by atoms with E-state index < -0.39 is 6.09 Å². The highest BCUT2D eigenvalue weighted by atomic mass is 16.5. The molecule has 0 bridgehead atoms. The first kappa shape index (κ1) is 16.5. The summed E-state index contributed by atoms with van der Waals surface area (Å²) in [4.78, 5) is 12.0. The second kappa shape index (κ2) is 7.49. The summed E-state index contributed by atoms with van der Waals surface area (Å²) in [6.07, 6.45) is 3.27. The van der Waals surface area contributed by atoms with Crippen molar-refractivity contribution < 1.29 is 14.3 Å². The van der Waals surface area contributed by atoms with Crippen LogP contribution in [0.3, 0.4) is 0 Å². The molecule has 5 nitrogen and oxygen atoms in total. The first-order valence-electron chi connectivity index (χ1n) is 7.77. The Balaban J connectivity index is 1.97. The zero-order valence-electron chi connectivity index (χ0n) is 14.0. The molecule has 0 amide bonds. The number of carbonyl (C=O) groups is 1. The van der Waals surface area contributed by atoms with E-state index in [9.17, 15) is 4.79 Å². The molecule has 1 heterocycles. The molecule has 0 saturated heterocycles. The molecule has 0 N–H and O–H groups in total. The fraction of sp³-hybridized carbons (Fsp3) is 0.100. The summed E-state index contributed by atoms with van der Waals surface area (Å²) in [6.45, 7) is 0. The quantitative estimate of drug-likeness (QED) is 0.712. The summed E-state index contributed by atoms with van der Waals surface area (Å²) >= 11 is 0. The first-order valence-corrected chi connectivity index (χ1v) is 7.77. The van der Waals surface area contributed by atoms with E-state index in [1.807, 2.05) is 72.8 Å². The zero-order valence-corrected chi connectivity index (χ0v) is 14.0.